The molecule has 13 bridgehead atoms. The van der Waals surface area contributed by atoms with E-state index in [4.69, 9.17) is 77.3 Å². The minimum absolute atomic E-state index is 0.0156. The van der Waals surface area contributed by atoms with Gasteiger partial charge in [0.1, 0.15) is 162 Å². The highest BCUT2D eigenvalue weighted by Gasteiger charge is 2.52. The summed E-state index contributed by atoms with van der Waals surface area (Å²) in [6, 6.07) is 4.70. The molecule has 0 radical (unpaired) electrons. The average Bonchev–Trinajstić information content (AvgIpc) is 0.801. The molecule has 3 saturated heterocycles. The van der Waals surface area contributed by atoms with Crippen LogP contribution in [0.15, 0.2) is 127 Å². The van der Waals surface area contributed by atoms with Gasteiger partial charge in [-0.2, -0.15) is 0 Å². The van der Waals surface area contributed by atoms with Gasteiger partial charge in [-0.3, -0.25) is 43.2 Å². The van der Waals surface area contributed by atoms with Crippen LogP contribution in [0, 0.1) is 5.92 Å². The molecular formula is C92H110Cl2N12O32. The highest BCUT2D eigenvalue weighted by atomic mass is 35.5. The largest absolute Gasteiger partial charge is 0.508 e. The van der Waals surface area contributed by atoms with E-state index >= 15 is 28.8 Å². The van der Waals surface area contributed by atoms with E-state index in [9.17, 15) is 85.9 Å². The van der Waals surface area contributed by atoms with E-state index in [1.165, 1.54) is 30.3 Å². The Kier molecular flexibility index (Phi) is 34.5. The van der Waals surface area contributed by atoms with Crippen LogP contribution >= 0.6 is 23.2 Å². The molecule has 744 valence electrons. The standard InChI is InChI=1S/C92H110Cl2N12O32/c1-39(2)8-6-4-5-7-9-65(115)101-72-78(120)75(117)63(37-108)135-91(72)138-82-60-32-47-33-61(82)133-58-19-14-44(30-54(58)94)81(137-90-71(99-40(3)110)77(119)74(116)62(36-107)134-90)73(89(129)104-68(85(125)98-23-22-97-21-20-95)45-26-50(113)35-52(29-45)131-92-80(122)79(121)76(118)64(38-109)136-92)106-86(126)67(42-11-15-48(111)16-12-42)103-88(128)70(47)105-87(127)69-46-27-49(112)34-51(28-46)130-59-31-43(13-17-56(59)114)66(96)84(124)100-55(83(123)102-69)25-41-10-18-57(132-60)53(93)24-41/h10-19,24,26-35,39,55,62-64,66-81,90-92,97,107-109,111-114,116-122H,4-9,20-23,25,36-38,95-96H2,1-3H3,(H,98,125)(H,99,110)(H,100,124)(H,101,115)(H,102,123)(H,103,128)(H,104,129)(H,105,127)(H,106,126)/t55-,62-,63-,64-,66-,67-,68+,69+,70-,71-,72-,73+,74-,75-,76-,77-,78-,79+,80+,81-,90+,91+,92+/m1/s1. The first-order valence-electron chi connectivity index (χ1n) is 44.4. The Hall–Kier alpha value is -12.1. The van der Waals surface area contributed by atoms with Crippen LogP contribution in [-0.2, 0) is 68.5 Å². The number of benzene rings is 7. The number of halogens is 2. The maximum Gasteiger partial charge on any atom is 0.248 e. The topological polar surface area (TPSA) is 692 Å². The molecule has 0 spiro atoms. The first-order valence-corrected chi connectivity index (χ1v) is 45.1. The second-order valence-corrected chi connectivity index (χ2v) is 35.2. The molecule has 3 fully saturated rings. The number of ether oxygens (including phenoxy) is 9. The zero-order chi connectivity index (χ0) is 99.4. The number of hydrogen-bond acceptors (Lipinski definition) is 35. The van der Waals surface area contributed by atoms with Crippen molar-refractivity contribution in [3.8, 4) is 69.0 Å². The Morgan fingerprint density at radius 3 is 1.70 bits per heavy atom. The van der Waals surface area contributed by atoms with E-state index < -0.39 is 288 Å². The number of unbranched alkanes of at least 4 members (excludes halogenated alkanes) is 3. The Morgan fingerprint density at radius 1 is 0.507 bits per heavy atom. The molecule has 15 rings (SSSR count). The predicted molar refractivity (Wildman–Crippen MR) is 481 cm³/mol. The Bertz CT molecular complexity index is 5560. The number of nitrogens with two attached hydrogens (primary N) is 2. The number of amides is 9. The summed E-state index contributed by atoms with van der Waals surface area (Å²) in [5.74, 6) is -16.8. The van der Waals surface area contributed by atoms with E-state index in [0.717, 1.165) is 123 Å². The van der Waals surface area contributed by atoms with Crippen molar-refractivity contribution in [2.75, 3.05) is 46.0 Å². The molecule has 0 aromatic heterocycles. The van der Waals surface area contributed by atoms with Gasteiger partial charge in [-0.05, 0) is 136 Å². The van der Waals surface area contributed by atoms with E-state index in [1.807, 2.05) is 0 Å². The lowest BCUT2D eigenvalue weighted by Crippen LogP contribution is -2.65. The maximum atomic E-state index is 16.9. The van der Waals surface area contributed by atoms with Crippen molar-refractivity contribution >= 4 is 76.4 Å². The average molecular weight is 1970 g/mol. The lowest BCUT2D eigenvalue weighted by atomic mass is 9.95. The van der Waals surface area contributed by atoms with Gasteiger partial charge in [0.15, 0.2) is 29.3 Å². The molecular weight excluding hydrogens is 1860 g/mol. The number of nitrogens with one attached hydrogen (secondary N) is 10. The lowest BCUT2D eigenvalue weighted by molar-refractivity contribution is -0.284. The van der Waals surface area contributed by atoms with Gasteiger partial charge in [0, 0.05) is 58.1 Å². The molecule has 0 unspecified atom stereocenters. The molecule has 138 heavy (non-hydrogen) atoms. The first kappa shape index (κ1) is 103. The van der Waals surface area contributed by atoms with E-state index in [2.05, 4.69) is 67.0 Å². The van der Waals surface area contributed by atoms with Crippen molar-refractivity contribution in [1.29, 1.82) is 0 Å². The molecule has 0 aliphatic carbocycles. The Morgan fingerprint density at radius 2 is 1.07 bits per heavy atom. The monoisotopic (exact) mass is 1960 g/mol. The van der Waals surface area contributed by atoms with Crippen molar-refractivity contribution < 1.29 is 157 Å². The van der Waals surface area contributed by atoms with Crippen LogP contribution in [0.5, 0.6) is 69.0 Å². The summed E-state index contributed by atoms with van der Waals surface area (Å²) in [5, 5.41) is 183. The molecule has 46 heteroatoms. The van der Waals surface area contributed by atoms with Crippen molar-refractivity contribution in [2.24, 2.45) is 17.4 Å². The normalized spacial score (nSPS) is 27.4. The lowest BCUT2D eigenvalue weighted by Gasteiger charge is -2.44. The highest BCUT2D eigenvalue weighted by Crippen LogP contribution is 2.50. The van der Waals surface area contributed by atoms with E-state index in [-0.39, 0.29) is 82.7 Å². The zero-order valence-corrected chi connectivity index (χ0v) is 75.9. The first-order chi connectivity index (χ1) is 65.9. The molecule has 28 N–H and O–H groups in total. The second kappa shape index (κ2) is 46.1. The van der Waals surface area contributed by atoms with Gasteiger partial charge in [-0.1, -0.05) is 93.1 Å². The number of fused-ring (bicyclic) bond motifs is 15. The SMILES string of the molecule is CC(=O)N[C@H]1[C@H](O[C@@H]2c3ccc(c(Cl)c3)Oc3cc4cc(c3O[C@@H]3O[C@H](CO)[C@@H](O)[C@H](O)[C@H]3NC(=O)CCCCCCC(C)C)Oc3ccc(cc3Cl)C[C@H]3NC(=O)[C@H](N)c5ccc(O)c(c5)Oc5cc(O)cc(c5)[C@H](NC3=O)C(=O)N[C@H]4C(=O)N[C@H](c3ccc(O)cc3)C(=O)N[C@@H]2C(=O)N[C@H](C(=O)NCCNCCN)c2cc(O)cc(O[C@H]3O[C@H](CO)[C@@H](O)[C@H](O)[C@@H]3O)c2)O[C@H](CO)[C@@H](O)[C@@H]1O. The summed E-state index contributed by atoms with van der Waals surface area (Å²) in [7, 11) is 0. The van der Waals surface area contributed by atoms with E-state index in [1.54, 1.807) is 0 Å². The fraction of sp³-hybridized carbons (Fsp3) is 0.446. The van der Waals surface area contributed by atoms with Gasteiger partial charge >= 0.3 is 0 Å². The second-order valence-electron chi connectivity index (χ2n) is 34.3. The molecule has 0 saturated carbocycles. The third-order valence-electron chi connectivity index (χ3n) is 23.8. The van der Waals surface area contributed by atoms with Gasteiger partial charge in [-0.15, -0.1) is 0 Å². The number of aliphatic hydroxyl groups excluding tert-OH is 10. The number of hydrogen-bond donors (Lipinski definition) is 26. The summed E-state index contributed by atoms with van der Waals surface area (Å²) >= 11 is 14.8. The number of rotatable bonds is 28. The predicted octanol–water partition coefficient (Wildman–Crippen LogP) is -0.381. The molecule has 9 amide bonds. The number of carbonyl (C=O) groups is 9. The number of phenols is 4. The highest BCUT2D eigenvalue weighted by molar-refractivity contribution is 6.32. The molecule has 8 aliphatic rings. The van der Waals surface area contributed by atoms with Gasteiger partial charge in [0.2, 0.25) is 71.5 Å². The van der Waals surface area contributed by atoms with Crippen molar-refractivity contribution in [1.82, 2.24) is 53.2 Å². The Labute approximate surface area is 797 Å². The van der Waals surface area contributed by atoms with E-state index in [0.29, 0.717) is 18.8 Å². The summed E-state index contributed by atoms with van der Waals surface area (Å²) in [6.45, 7) is 2.27. The third kappa shape index (κ3) is 24.8. The van der Waals surface area contributed by atoms with Crippen LogP contribution in [0.1, 0.15) is 135 Å². The fourth-order valence-corrected chi connectivity index (χ4v) is 16.9. The minimum Gasteiger partial charge on any atom is -0.508 e. The van der Waals surface area contributed by atoms with Crippen molar-refractivity contribution in [3.63, 3.8) is 0 Å². The molecule has 7 aromatic carbocycles. The van der Waals surface area contributed by atoms with Gasteiger partial charge in [0.05, 0.1) is 29.9 Å². The smallest absolute Gasteiger partial charge is 0.248 e. The van der Waals surface area contributed by atoms with Gasteiger partial charge < -0.3 is 179 Å². The Balaban J connectivity index is 1.05. The summed E-state index contributed by atoms with van der Waals surface area (Å²) in [4.78, 5) is 140. The number of aromatic hydroxyl groups is 4. The maximum absolute atomic E-state index is 16.9. The quantitative estimate of drug-likeness (QED) is 0.0278. The molecule has 8 aliphatic heterocycles. The summed E-state index contributed by atoms with van der Waals surface area (Å²) < 4.78 is 57.5. The van der Waals surface area contributed by atoms with Crippen molar-refractivity contribution in [3.05, 3.63) is 176 Å². The zero-order valence-electron chi connectivity index (χ0n) is 74.4. The van der Waals surface area contributed by atoms with Crippen LogP contribution in [-0.4, -0.2) is 275 Å². The number of aliphatic hydroxyl groups is 10. The third-order valence-corrected chi connectivity index (χ3v) is 24.3. The summed E-state index contributed by atoms with van der Waals surface area (Å²) in [6.07, 6.45) is -24.8. The molecule has 23 atom stereocenters. The molecule has 44 nitrogen and oxygen atoms in total. The van der Waals surface area contributed by atoms with Crippen LogP contribution in [0.2, 0.25) is 10.0 Å². The van der Waals surface area contributed by atoms with Crippen LogP contribution < -0.4 is 88.3 Å². The number of phenolic OH excluding ortho intramolecular Hbond substituents is 4. The molecule has 8 heterocycles. The van der Waals surface area contributed by atoms with Crippen molar-refractivity contribution in [2.45, 2.75) is 206 Å². The summed E-state index contributed by atoms with van der Waals surface area (Å²) in [5.41, 5.74) is 10.6. The van der Waals surface area contributed by atoms with Crippen LogP contribution in [0.3, 0.4) is 0 Å². The van der Waals surface area contributed by atoms with Crippen LogP contribution in [0.25, 0.3) is 0 Å². The van der Waals surface area contributed by atoms with Gasteiger partial charge in [-0.25, -0.2) is 0 Å². The molecule has 7 aromatic rings. The minimum atomic E-state index is -2.55. The number of carbonyl (C=O) groups excluding carboxylic acids is 9. The van der Waals surface area contributed by atoms with Crippen LogP contribution in [0.4, 0.5) is 0 Å². The fourth-order valence-electron chi connectivity index (χ4n) is 16.5. The van der Waals surface area contributed by atoms with Gasteiger partial charge in [0.25, 0.3) is 0 Å².